The molecule has 0 saturated heterocycles. The number of H-pyrrole nitrogens is 1. The van der Waals surface area contributed by atoms with Gasteiger partial charge in [0.2, 0.25) is 0 Å². The minimum Gasteiger partial charge on any atom is -0.383 e. The third kappa shape index (κ3) is 3.54. The Morgan fingerprint density at radius 2 is 2.26 bits per heavy atom. The van der Waals surface area contributed by atoms with Gasteiger partial charge in [-0.25, -0.2) is 15.0 Å². The van der Waals surface area contributed by atoms with Crippen molar-refractivity contribution in [3.05, 3.63) is 32.9 Å². The Morgan fingerprint density at radius 1 is 1.47 bits per heavy atom. The lowest BCUT2D eigenvalue weighted by atomic mass is 10.2. The number of hydrogen-bond donors (Lipinski definition) is 2. The van der Waals surface area contributed by atoms with E-state index in [0.29, 0.717) is 20.5 Å². The Hall–Kier alpha value is -1.41. The number of nitrogens with two attached hydrogens (primary N) is 1. The van der Waals surface area contributed by atoms with Gasteiger partial charge in [-0.3, -0.25) is 4.79 Å². The zero-order valence-corrected chi connectivity index (χ0v) is 12.6. The van der Waals surface area contributed by atoms with Crippen LogP contribution in [0.15, 0.2) is 31.8 Å². The third-order valence-electron chi connectivity index (χ3n) is 2.26. The highest BCUT2D eigenvalue weighted by atomic mass is 79.9. The van der Waals surface area contributed by atoms with Crippen LogP contribution in [0.5, 0.6) is 0 Å². The topological polar surface area (TPSA) is 97.5 Å². The summed E-state index contributed by atoms with van der Waals surface area (Å²) in [5.74, 6) is 0.351. The first-order valence-corrected chi connectivity index (χ1v) is 7.25. The first-order valence-electron chi connectivity index (χ1n) is 5.64. The van der Waals surface area contributed by atoms with Gasteiger partial charge >= 0.3 is 0 Å². The molecule has 0 aromatic carbocycles. The van der Waals surface area contributed by atoms with E-state index in [0.717, 1.165) is 18.5 Å². The maximum atomic E-state index is 11.5. The molecule has 0 aliphatic heterocycles. The van der Waals surface area contributed by atoms with Crippen LogP contribution in [0.1, 0.15) is 19.0 Å². The highest BCUT2D eigenvalue weighted by Crippen LogP contribution is 2.31. The lowest BCUT2D eigenvalue weighted by Crippen LogP contribution is -2.10. The first-order chi connectivity index (χ1) is 9.10. The molecule has 0 bridgehead atoms. The number of nitrogen functional groups attached to an aromatic ring is 1. The molecule has 0 aliphatic rings. The van der Waals surface area contributed by atoms with E-state index < -0.39 is 0 Å². The van der Waals surface area contributed by atoms with E-state index in [9.17, 15) is 4.79 Å². The molecule has 0 spiro atoms. The maximum absolute atomic E-state index is 11.5. The van der Waals surface area contributed by atoms with Crippen LogP contribution in [-0.2, 0) is 6.42 Å². The Morgan fingerprint density at radius 3 is 3.00 bits per heavy atom. The molecule has 0 unspecified atom stereocenters. The molecule has 6 nitrogen and oxygen atoms in total. The zero-order chi connectivity index (χ0) is 13.8. The molecule has 2 heterocycles. The van der Waals surface area contributed by atoms with Gasteiger partial charge < -0.3 is 10.7 Å². The van der Waals surface area contributed by atoms with Gasteiger partial charge in [0, 0.05) is 11.8 Å². The molecule has 2 rings (SSSR count). The summed E-state index contributed by atoms with van der Waals surface area (Å²) in [6, 6.07) is 1.51. The molecular formula is C11H12BrN5OS. The number of rotatable bonds is 4. The normalized spacial score (nSPS) is 10.6. The summed E-state index contributed by atoms with van der Waals surface area (Å²) < 4.78 is 0.601. The Bertz CT molecular complexity index is 645. The predicted molar refractivity (Wildman–Crippen MR) is 77.1 cm³/mol. The van der Waals surface area contributed by atoms with Gasteiger partial charge in [-0.2, -0.15) is 0 Å². The van der Waals surface area contributed by atoms with E-state index in [4.69, 9.17) is 5.73 Å². The van der Waals surface area contributed by atoms with Gasteiger partial charge in [0.05, 0.1) is 4.47 Å². The van der Waals surface area contributed by atoms with Crippen LogP contribution >= 0.6 is 27.7 Å². The molecular weight excluding hydrogens is 330 g/mol. The van der Waals surface area contributed by atoms with E-state index in [1.54, 1.807) is 0 Å². The van der Waals surface area contributed by atoms with Crippen molar-refractivity contribution in [2.24, 2.45) is 0 Å². The number of aromatic nitrogens is 4. The summed E-state index contributed by atoms with van der Waals surface area (Å²) in [6.07, 6.45) is 3.08. The smallest absolute Gasteiger partial charge is 0.251 e. The summed E-state index contributed by atoms with van der Waals surface area (Å²) in [4.78, 5) is 26.6. The van der Waals surface area contributed by atoms with Crippen LogP contribution in [0.3, 0.4) is 0 Å². The molecule has 3 N–H and O–H groups in total. The second-order valence-corrected chi connectivity index (χ2v) is 5.54. The summed E-state index contributed by atoms with van der Waals surface area (Å²) in [6.45, 7) is 2.04. The number of halogens is 1. The van der Waals surface area contributed by atoms with Crippen LogP contribution < -0.4 is 11.3 Å². The fraction of sp³-hybridized carbons (Fsp3) is 0.273. The SMILES string of the molecule is CCCc1cc(=O)[nH]c(Sc2ncnc(N)c2Br)n1. The average molecular weight is 342 g/mol. The first kappa shape index (κ1) is 14.0. The third-order valence-corrected chi connectivity index (χ3v) is 4.19. The lowest BCUT2D eigenvalue weighted by molar-refractivity contribution is 0.814. The predicted octanol–water partition coefficient (Wildman–Crippen LogP) is 2.01. The van der Waals surface area contributed by atoms with E-state index in [2.05, 4.69) is 35.9 Å². The molecule has 2 aromatic heterocycles. The minimum atomic E-state index is -0.167. The van der Waals surface area contributed by atoms with Crippen molar-refractivity contribution in [1.82, 2.24) is 19.9 Å². The van der Waals surface area contributed by atoms with E-state index in [1.807, 2.05) is 6.92 Å². The van der Waals surface area contributed by atoms with E-state index >= 15 is 0 Å². The van der Waals surface area contributed by atoms with Crippen molar-refractivity contribution in [2.75, 3.05) is 5.73 Å². The van der Waals surface area contributed by atoms with Crippen molar-refractivity contribution in [2.45, 2.75) is 29.9 Å². The fourth-order valence-corrected chi connectivity index (χ4v) is 2.68. The van der Waals surface area contributed by atoms with Crippen LogP contribution in [0.2, 0.25) is 0 Å². The number of aryl methyl sites for hydroxylation is 1. The molecule has 0 radical (unpaired) electrons. The second-order valence-electron chi connectivity index (χ2n) is 3.77. The molecule has 100 valence electrons. The van der Waals surface area contributed by atoms with Gasteiger partial charge in [0.15, 0.2) is 5.16 Å². The Labute approximate surface area is 122 Å². The minimum absolute atomic E-state index is 0.167. The molecule has 0 atom stereocenters. The van der Waals surface area contributed by atoms with Crippen molar-refractivity contribution >= 4 is 33.5 Å². The molecule has 0 fully saturated rings. The van der Waals surface area contributed by atoms with Crippen LogP contribution in [-0.4, -0.2) is 19.9 Å². The number of nitrogens with zero attached hydrogens (tertiary/aromatic N) is 3. The molecule has 0 aliphatic carbocycles. The standard InChI is InChI=1S/C11H12BrN5OS/c1-2-3-6-4-7(18)17-11(16-6)19-10-8(12)9(13)14-5-15-10/h4-5H,2-3H2,1H3,(H2,13,14,15)(H,16,17,18). The molecule has 19 heavy (non-hydrogen) atoms. The number of hydrogen-bond acceptors (Lipinski definition) is 6. The highest BCUT2D eigenvalue weighted by Gasteiger charge is 2.10. The fourth-order valence-electron chi connectivity index (χ4n) is 1.45. The zero-order valence-electron chi connectivity index (χ0n) is 10.2. The summed E-state index contributed by atoms with van der Waals surface area (Å²) in [7, 11) is 0. The van der Waals surface area contributed by atoms with Gasteiger partial charge in [-0.05, 0) is 34.1 Å². The van der Waals surface area contributed by atoms with E-state index in [1.165, 1.54) is 24.2 Å². The summed E-state index contributed by atoms with van der Waals surface area (Å²) in [5.41, 5.74) is 6.28. The molecule has 8 heteroatoms. The number of nitrogens with one attached hydrogen (secondary N) is 1. The van der Waals surface area contributed by atoms with Crippen LogP contribution in [0, 0.1) is 0 Å². The number of aromatic amines is 1. The van der Waals surface area contributed by atoms with Gasteiger partial charge in [-0.15, -0.1) is 0 Å². The Kier molecular flexibility index (Phi) is 4.54. The summed E-state index contributed by atoms with van der Waals surface area (Å²) >= 11 is 4.55. The van der Waals surface area contributed by atoms with Crippen molar-refractivity contribution in [1.29, 1.82) is 0 Å². The highest BCUT2D eigenvalue weighted by molar-refractivity contribution is 9.10. The summed E-state index contributed by atoms with van der Waals surface area (Å²) in [5, 5.41) is 1.11. The maximum Gasteiger partial charge on any atom is 0.251 e. The van der Waals surface area contributed by atoms with Crippen molar-refractivity contribution < 1.29 is 0 Å². The van der Waals surface area contributed by atoms with Gasteiger partial charge in [0.1, 0.15) is 17.2 Å². The largest absolute Gasteiger partial charge is 0.383 e. The van der Waals surface area contributed by atoms with Gasteiger partial charge in [-0.1, -0.05) is 13.3 Å². The molecule has 2 aromatic rings. The van der Waals surface area contributed by atoms with Crippen molar-refractivity contribution in [3.63, 3.8) is 0 Å². The van der Waals surface area contributed by atoms with Crippen LogP contribution in [0.25, 0.3) is 0 Å². The quantitative estimate of drug-likeness (QED) is 0.652. The van der Waals surface area contributed by atoms with Crippen molar-refractivity contribution in [3.8, 4) is 0 Å². The second kappa shape index (κ2) is 6.16. The van der Waals surface area contributed by atoms with Gasteiger partial charge in [0.25, 0.3) is 5.56 Å². The average Bonchev–Trinajstić information content (AvgIpc) is 2.35. The monoisotopic (exact) mass is 341 g/mol. The lowest BCUT2D eigenvalue weighted by Gasteiger charge is -2.05. The van der Waals surface area contributed by atoms with E-state index in [-0.39, 0.29) is 5.56 Å². The van der Waals surface area contributed by atoms with Crippen LogP contribution in [0.4, 0.5) is 5.82 Å². The Balaban J connectivity index is 2.32. The number of anilines is 1. The molecule has 0 saturated carbocycles. The molecule has 0 amide bonds.